The van der Waals surface area contributed by atoms with Gasteiger partial charge in [-0.3, -0.25) is 4.98 Å². The van der Waals surface area contributed by atoms with Crippen molar-refractivity contribution < 1.29 is 4.39 Å². The maximum atomic E-state index is 13.6. The molecule has 0 bridgehead atoms. The van der Waals surface area contributed by atoms with Crippen molar-refractivity contribution in [1.82, 2.24) is 9.97 Å². The number of nitrogens with two attached hydrogens (primary N) is 1. The van der Waals surface area contributed by atoms with E-state index in [1.807, 2.05) is 26.0 Å². The fourth-order valence-corrected chi connectivity index (χ4v) is 2.67. The Morgan fingerprint density at radius 3 is 2.33 bits per heavy atom. The Balaban J connectivity index is 2.32. The summed E-state index contributed by atoms with van der Waals surface area (Å²) in [5.41, 5.74) is 10.6. The van der Waals surface area contributed by atoms with Gasteiger partial charge in [-0.2, -0.15) is 0 Å². The number of nitrogen functional groups attached to an aromatic ring is 1. The Kier molecular flexibility index (Phi) is 3.97. The molecule has 0 atom stereocenters. The average molecular weight is 318 g/mol. The van der Waals surface area contributed by atoms with Crippen LogP contribution in [-0.4, -0.2) is 9.97 Å². The Labute approximate surface area is 139 Å². The van der Waals surface area contributed by atoms with Gasteiger partial charge in [0.05, 0.1) is 12.3 Å². The Morgan fingerprint density at radius 2 is 1.71 bits per heavy atom. The molecule has 5 heteroatoms. The summed E-state index contributed by atoms with van der Waals surface area (Å²) in [6, 6.07) is 11.7. The molecule has 24 heavy (non-hydrogen) atoms. The lowest BCUT2D eigenvalue weighted by molar-refractivity contribution is 0.628. The maximum absolute atomic E-state index is 13.6. The molecule has 0 aliphatic carbocycles. The molecule has 4 nitrogen and oxygen atoms in total. The van der Waals surface area contributed by atoms with Crippen molar-refractivity contribution in [3.63, 3.8) is 0 Å². The van der Waals surface area contributed by atoms with E-state index in [2.05, 4.69) is 14.8 Å². The molecule has 1 aromatic carbocycles. The lowest BCUT2D eigenvalue weighted by Crippen LogP contribution is -1.97. The van der Waals surface area contributed by atoms with Crippen molar-refractivity contribution in [1.29, 1.82) is 0 Å². The van der Waals surface area contributed by atoms with Crippen LogP contribution < -0.4 is 5.73 Å². The van der Waals surface area contributed by atoms with Crippen LogP contribution in [0, 0.1) is 26.2 Å². The Hall–Kier alpha value is -3.26. The first-order valence-electron chi connectivity index (χ1n) is 7.37. The van der Waals surface area contributed by atoms with E-state index in [9.17, 15) is 4.39 Å². The zero-order chi connectivity index (χ0) is 17.3. The number of benzene rings is 1. The normalized spacial score (nSPS) is 10.4. The molecular formula is C19H15FN4. The van der Waals surface area contributed by atoms with Crippen LogP contribution in [-0.2, 0) is 0 Å². The molecule has 0 radical (unpaired) electrons. The number of aromatic nitrogens is 2. The molecule has 0 aliphatic rings. The van der Waals surface area contributed by atoms with Crippen LogP contribution in [0.5, 0.6) is 0 Å². The summed E-state index contributed by atoms with van der Waals surface area (Å²) in [4.78, 5) is 12.2. The van der Waals surface area contributed by atoms with E-state index in [1.54, 1.807) is 18.2 Å². The van der Waals surface area contributed by atoms with E-state index in [1.165, 1.54) is 12.1 Å². The minimum absolute atomic E-state index is 0.135. The molecule has 3 rings (SSSR count). The Bertz CT molecular complexity index is 953. The van der Waals surface area contributed by atoms with Gasteiger partial charge >= 0.3 is 0 Å². The molecule has 0 fully saturated rings. The fourth-order valence-electron chi connectivity index (χ4n) is 2.67. The summed E-state index contributed by atoms with van der Waals surface area (Å²) in [5, 5.41) is 0. The molecule has 118 valence electrons. The molecular weight excluding hydrogens is 303 g/mol. The molecule has 0 amide bonds. The van der Waals surface area contributed by atoms with E-state index < -0.39 is 0 Å². The Morgan fingerprint density at radius 1 is 1.00 bits per heavy atom. The van der Waals surface area contributed by atoms with Gasteiger partial charge in [0, 0.05) is 17.0 Å². The van der Waals surface area contributed by atoms with Crippen LogP contribution in [0.3, 0.4) is 0 Å². The molecule has 2 heterocycles. The first-order chi connectivity index (χ1) is 11.5. The zero-order valence-corrected chi connectivity index (χ0v) is 13.3. The summed E-state index contributed by atoms with van der Waals surface area (Å²) >= 11 is 0. The van der Waals surface area contributed by atoms with Gasteiger partial charge in [0.15, 0.2) is 0 Å². The molecule has 0 saturated carbocycles. The van der Waals surface area contributed by atoms with Crippen LogP contribution >= 0.6 is 0 Å². The summed E-state index contributed by atoms with van der Waals surface area (Å²) in [6.45, 7) is 11.1. The summed E-state index contributed by atoms with van der Waals surface area (Å²) in [7, 11) is 0. The van der Waals surface area contributed by atoms with E-state index in [-0.39, 0.29) is 17.3 Å². The largest absolute Gasteiger partial charge is 0.392 e. The van der Waals surface area contributed by atoms with Gasteiger partial charge in [-0.05, 0) is 55.3 Å². The van der Waals surface area contributed by atoms with Crippen LogP contribution in [0.15, 0.2) is 42.5 Å². The lowest BCUT2D eigenvalue weighted by atomic mass is 9.98. The molecule has 0 saturated heterocycles. The number of nitrogens with zero attached hydrogens (tertiary/aromatic N) is 3. The van der Waals surface area contributed by atoms with Gasteiger partial charge in [-0.1, -0.05) is 12.1 Å². The number of anilines is 1. The van der Waals surface area contributed by atoms with Gasteiger partial charge in [0.25, 0.3) is 0 Å². The minimum Gasteiger partial charge on any atom is -0.392 e. The predicted molar refractivity (Wildman–Crippen MR) is 93.0 cm³/mol. The molecule has 2 aromatic heterocycles. The predicted octanol–water partition coefficient (Wildman–Crippen LogP) is 4.70. The third-order valence-electron chi connectivity index (χ3n) is 3.64. The van der Waals surface area contributed by atoms with Crippen molar-refractivity contribution in [3.05, 3.63) is 71.1 Å². The monoisotopic (exact) mass is 318 g/mol. The number of aryl methyl sites for hydroxylation is 2. The highest BCUT2D eigenvalue weighted by Crippen LogP contribution is 2.36. The summed E-state index contributed by atoms with van der Waals surface area (Å²) in [5.74, 6) is -0.217. The van der Waals surface area contributed by atoms with Gasteiger partial charge in [-0.15, -0.1) is 0 Å². The molecule has 0 unspecified atom stereocenters. The SMILES string of the molecule is [C-]#[N+]c1cc(-c2cc(C)nc(C)c2)c(-c2cccc(F)c2)nc1N. The van der Waals surface area contributed by atoms with Gasteiger partial charge in [0.1, 0.15) is 11.6 Å². The maximum Gasteiger partial charge on any atom is 0.228 e. The molecule has 0 spiro atoms. The van der Waals surface area contributed by atoms with E-state index in [0.29, 0.717) is 11.3 Å². The van der Waals surface area contributed by atoms with Crippen molar-refractivity contribution in [3.8, 4) is 22.4 Å². The molecule has 3 aromatic rings. The van der Waals surface area contributed by atoms with Crippen molar-refractivity contribution in [2.75, 3.05) is 5.73 Å². The number of rotatable bonds is 2. The smallest absolute Gasteiger partial charge is 0.228 e. The van der Waals surface area contributed by atoms with Crippen molar-refractivity contribution >= 4 is 11.5 Å². The standard InChI is InChI=1S/C19H15FN4/c1-11-7-14(8-12(2)23-11)16-10-17(22-3)19(21)24-18(16)13-5-4-6-15(20)9-13/h4-10H,1-2H3,(H2,21,24). The third-order valence-corrected chi connectivity index (χ3v) is 3.64. The van der Waals surface area contributed by atoms with Gasteiger partial charge in [0.2, 0.25) is 5.69 Å². The van der Waals surface area contributed by atoms with E-state index in [4.69, 9.17) is 12.3 Å². The molecule has 0 aliphatic heterocycles. The first kappa shape index (κ1) is 15.6. The molecule has 2 N–H and O–H groups in total. The zero-order valence-electron chi connectivity index (χ0n) is 13.3. The number of pyridine rings is 2. The number of hydrogen-bond acceptors (Lipinski definition) is 3. The van der Waals surface area contributed by atoms with E-state index >= 15 is 0 Å². The fraction of sp³-hybridized carbons (Fsp3) is 0.105. The highest BCUT2D eigenvalue weighted by atomic mass is 19.1. The summed E-state index contributed by atoms with van der Waals surface area (Å²) in [6.07, 6.45) is 0. The van der Waals surface area contributed by atoms with Crippen LogP contribution in [0.25, 0.3) is 27.2 Å². The second-order valence-corrected chi connectivity index (χ2v) is 5.55. The highest BCUT2D eigenvalue weighted by Gasteiger charge is 2.15. The topological polar surface area (TPSA) is 56.2 Å². The highest BCUT2D eigenvalue weighted by molar-refractivity contribution is 5.86. The van der Waals surface area contributed by atoms with Gasteiger partial charge in [-0.25, -0.2) is 14.2 Å². The average Bonchev–Trinajstić information content (AvgIpc) is 2.53. The quantitative estimate of drug-likeness (QED) is 0.697. The summed E-state index contributed by atoms with van der Waals surface area (Å²) < 4.78 is 13.6. The van der Waals surface area contributed by atoms with Crippen LogP contribution in [0.1, 0.15) is 11.4 Å². The van der Waals surface area contributed by atoms with Crippen LogP contribution in [0.2, 0.25) is 0 Å². The van der Waals surface area contributed by atoms with Crippen LogP contribution in [0.4, 0.5) is 15.9 Å². The minimum atomic E-state index is -0.352. The number of halogens is 1. The first-order valence-corrected chi connectivity index (χ1v) is 7.37. The second-order valence-electron chi connectivity index (χ2n) is 5.55. The third kappa shape index (κ3) is 2.95. The lowest BCUT2D eigenvalue weighted by Gasteiger charge is -2.13. The number of hydrogen-bond donors (Lipinski definition) is 1. The van der Waals surface area contributed by atoms with Gasteiger partial charge < -0.3 is 5.73 Å². The van der Waals surface area contributed by atoms with Crippen molar-refractivity contribution in [2.45, 2.75) is 13.8 Å². The second kappa shape index (κ2) is 6.09. The van der Waals surface area contributed by atoms with E-state index in [0.717, 1.165) is 22.5 Å². The van der Waals surface area contributed by atoms with Crippen molar-refractivity contribution in [2.24, 2.45) is 0 Å².